The third-order valence-electron chi connectivity index (χ3n) is 1.89. The quantitative estimate of drug-likeness (QED) is 0.676. The van der Waals surface area contributed by atoms with Gasteiger partial charge in [-0.1, -0.05) is 24.8 Å². The van der Waals surface area contributed by atoms with Crippen molar-refractivity contribution in [1.82, 2.24) is 5.32 Å². The Kier molecular flexibility index (Phi) is 4.09. The maximum Gasteiger partial charge on any atom is 0.407 e. The molecule has 0 bridgehead atoms. The molecule has 0 spiro atoms. The van der Waals surface area contributed by atoms with Gasteiger partial charge in [-0.25, -0.2) is 4.79 Å². The number of ether oxygens (including phenoxy) is 1. The summed E-state index contributed by atoms with van der Waals surface area (Å²) in [5.41, 5.74) is 0. The number of rotatable bonds is 3. The first-order valence-corrected chi connectivity index (χ1v) is 4.54. The normalized spacial score (nSPS) is 20.8. The maximum absolute atomic E-state index is 11.1. The number of carbonyl (C=O) groups is 1. The van der Waals surface area contributed by atoms with Crippen molar-refractivity contribution in [1.29, 1.82) is 0 Å². The van der Waals surface area contributed by atoms with Gasteiger partial charge >= 0.3 is 6.09 Å². The molecule has 0 fully saturated rings. The molecular weight excluding hydrogens is 166 g/mol. The number of carbonyl (C=O) groups excluding carboxylic acids is 1. The fourth-order valence-electron chi connectivity index (χ4n) is 1.26. The lowest BCUT2D eigenvalue weighted by molar-refractivity contribution is 0.155. The molecule has 1 atom stereocenters. The van der Waals surface area contributed by atoms with E-state index in [4.69, 9.17) is 4.74 Å². The highest BCUT2D eigenvalue weighted by molar-refractivity contribution is 5.68. The molecule has 0 aliphatic heterocycles. The minimum Gasteiger partial charge on any atom is -0.445 e. The monoisotopic (exact) mass is 181 g/mol. The van der Waals surface area contributed by atoms with E-state index in [0.29, 0.717) is 0 Å². The van der Waals surface area contributed by atoms with E-state index in [2.05, 4.69) is 18.0 Å². The van der Waals surface area contributed by atoms with Gasteiger partial charge in [-0.3, -0.25) is 0 Å². The van der Waals surface area contributed by atoms with Gasteiger partial charge in [0.1, 0.15) is 6.61 Å². The predicted octanol–water partition coefficient (Wildman–Crippen LogP) is 2.01. The molecule has 1 aliphatic rings. The summed E-state index contributed by atoms with van der Waals surface area (Å²) in [6.07, 6.45) is 8.52. The van der Waals surface area contributed by atoms with E-state index in [0.717, 1.165) is 19.3 Å². The zero-order valence-corrected chi connectivity index (χ0v) is 7.66. The van der Waals surface area contributed by atoms with Crippen LogP contribution < -0.4 is 5.32 Å². The van der Waals surface area contributed by atoms with Crippen LogP contribution >= 0.6 is 0 Å². The lowest BCUT2D eigenvalue weighted by atomic mass is 10.0. The van der Waals surface area contributed by atoms with Gasteiger partial charge in [0.15, 0.2) is 0 Å². The number of allylic oxidation sites excluding steroid dienone is 1. The Morgan fingerprint density at radius 2 is 2.62 bits per heavy atom. The summed E-state index contributed by atoms with van der Waals surface area (Å²) in [4.78, 5) is 11.1. The molecule has 3 heteroatoms. The molecule has 13 heavy (non-hydrogen) atoms. The molecule has 1 aliphatic carbocycles. The van der Waals surface area contributed by atoms with Crippen molar-refractivity contribution < 1.29 is 9.53 Å². The molecule has 1 N–H and O–H groups in total. The van der Waals surface area contributed by atoms with Crippen molar-refractivity contribution in [3.05, 3.63) is 24.8 Å². The summed E-state index contributed by atoms with van der Waals surface area (Å²) in [7, 11) is 0. The van der Waals surface area contributed by atoms with Gasteiger partial charge in [-0.2, -0.15) is 0 Å². The molecule has 0 saturated heterocycles. The van der Waals surface area contributed by atoms with Gasteiger partial charge in [0.2, 0.25) is 0 Å². The van der Waals surface area contributed by atoms with Crippen LogP contribution in [0.1, 0.15) is 19.3 Å². The summed E-state index contributed by atoms with van der Waals surface area (Å²) in [6.45, 7) is 3.73. The standard InChI is InChI=1S/C10H15NO2/c1-2-8-13-10(12)11-9-6-4-3-5-7-9/h2,4,6,9H,1,3,5,7-8H2,(H,11,12). The Labute approximate surface area is 78.5 Å². The molecule has 1 unspecified atom stereocenters. The Hall–Kier alpha value is -1.25. The van der Waals surface area contributed by atoms with E-state index in [1.165, 1.54) is 0 Å². The van der Waals surface area contributed by atoms with Gasteiger partial charge in [0.05, 0.1) is 6.04 Å². The SMILES string of the molecule is C=CCOC(=O)NC1C=CCCC1. The molecule has 0 radical (unpaired) electrons. The van der Waals surface area contributed by atoms with Crippen LogP contribution in [0.25, 0.3) is 0 Å². The fourth-order valence-corrected chi connectivity index (χ4v) is 1.26. The minimum atomic E-state index is -0.364. The number of alkyl carbamates (subject to hydrolysis) is 1. The summed E-state index contributed by atoms with van der Waals surface area (Å²) in [5, 5.41) is 2.76. The van der Waals surface area contributed by atoms with Crippen molar-refractivity contribution in [3.63, 3.8) is 0 Å². The molecule has 0 aromatic carbocycles. The van der Waals surface area contributed by atoms with E-state index in [-0.39, 0.29) is 18.7 Å². The van der Waals surface area contributed by atoms with Crippen molar-refractivity contribution in [2.24, 2.45) is 0 Å². The Bertz CT molecular complexity index is 211. The summed E-state index contributed by atoms with van der Waals surface area (Å²) in [6, 6.07) is 0.145. The predicted molar refractivity (Wildman–Crippen MR) is 51.5 cm³/mol. The zero-order valence-electron chi connectivity index (χ0n) is 7.66. The molecular formula is C10H15NO2. The van der Waals surface area contributed by atoms with E-state index < -0.39 is 0 Å². The molecule has 0 aromatic rings. The smallest absolute Gasteiger partial charge is 0.407 e. The Morgan fingerprint density at radius 1 is 1.77 bits per heavy atom. The van der Waals surface area contributed by atoms with Crippen LogP contribution in [0.2, 0.25) is 0 Å². The van der Waals surface area contributed by atoms with Gasteiger partial charge in [0, 0.05) is 0 Å². The van der Waals surface area contributed by atoms with Gasteiger partial charge in [0.25, 0.3) is 0 Å². The highest BCUT2D eigenvalue weighted by atomic mass is 16.5. The molecule has 72 valence electrons. The Morgan fingerprint density at radius 3 is 3.23 bits per heavy atom. The van der Waals surface area contributed by atoms with Crippen LogP contribution in [0.4, 0.5) is 4.79 Å². The first kappa shape index (κ1) is 9.84. The number of amides is 1. The average Bonchev–Trinajstić information content (AvgIpc) is 2.16. The number of hydrogen-bond acceptors (Lipinski definition) is 2. The molecule has 1 rings (SSSR count). The molecule has 1 amide bonds. The second kappa shape index (κ2) is 5.41. The van der Waals surface area contributed by atoms with Crippen LogP contribution in [0.5, 0.6) is 0 Å². The Balaban J connectivity index is 2.22. The maximum atomic E-state index is 11.1. The molecule has 0 heterocycles. The van der Waals surface area contributed by atoms with Crippen molar-refractivity contribution in [2.45, 2.75) is 25.3 Å². The van der Waals surface area contributed by atoms with Crippen molar-refractivity contribution in [3.8, 4) is 0 Å². The van der Waals surface area contributed by atoms with E-state index in [1.807, 2.05) is 6.08 Å². The first-order chi connectivity index (χ1) is 6.33. The van der Waals surface area contributed by atoms with Gasteiger partial charge < -0.3 is 10.1 Å². The number of hydrogen-bond donors (Lipinski definition) is 1. The second-order valence-electron chi connectivity index (χ2n) is 3.00. The summed E-state index contributed by atoms with van der Waals surface area (Å²) >= 11 is 0. The highest BCUT2D eigenvalue weighted by Crippen LogP contribution is 2.09. The lowest BCUT2D eigenvalue weighted by Crippen LogP contribution is -2.34. The lowest BCUT2D eigenvalue weighted by Gasteiger charge is -2.17. The fraction of sp³-hybridized carbons (Fsp3) is 0.500. The van der Waals surface area contributed by atoms with E-state index >= 15 is 0 Å². The van der Waals surface area contributed by atoms with Crippen LogP contribution in [0.15, 0.2) is 24.8 Å². The second-order valence-corrected chi connectivity index (χ2v) is 3.00. The summed E-state index contributed by atoms with van der Waals surface area (Å²) < 4.78 is 4.79. The van der Waals surface area contributed by atoms with Crippen molar-refractivity contribution in [2.75, 3.05) is 6.61 Å². The van der Waals surface area contributed by atoms with Crippen LogP contribution in [-0.4, -0.2) is 18.7 Å². The largest absolute Gasteiger partial charge is 0.445 e. The van der Waals surface area contributed by atoms with Gasteiger partial charge in [-0.15, -0.1) is 0 Å². The third-order valence-corrected chi connectivity index (χ3v) is 1.89. The van der Waals surface area contributed by atoms with Crippen LogP contribution in [0.3, 0.4) is 0 Å². The van der Waals surface area contributed by atoms with Crippen LogP contribution in [0, 0.1) is 0 Å². The minimum absolute atomic E-state index is 0.145. The summed E-state index contributed by atoms with van der Waals surface area (Å²) in [5.74, 6) is 0. The molecule has 0 saturated carbocycles. The highest BCUT2D eigenvalue weighted by Gasteiger charge is 2.11. The topological polar surface area (TPSA) is 38.3 Å². The zero-order chi connectivity index (χ0) is 9.52. The van der Waals surface area contributed by atoms with Gasteiger partial charge in [-0.05, 0) is 19.3 Å². The third kappa shape index (κ3) is 3.78. The van der Waals surface area contributed by atoms with Crippen molar-refractivity contribution >= 4 is 6.09 Å². The average molecular weight is 181 g/mol. The molecule has 0 aromatic heterocycles. The first-order valence-electron chi connectivity index (χ1n) is 4.54. The van der Waals surface area contributed by atoms with E-state index in [9.17, 15) is 4.79 Å². The van der Waals surface area contributed by atoms with E-state index in [1.54, 1.807) is 6.08 Å². The molecule has 3 nitrogen and oxygen atoms in total. The number of nitrogens with one attached hydrogen (secondary N) is 1. The van der Waals surface area contributed by atoms with Crippen LogP contribution in [-0.2, 0) is 4.74 Å².